The predicted molar refractivity (Wildman–Crippen MR) is 72.8 cm³/mol. The molecule has 0 aromatic carbocycles. The second-order valence-electron chi connectivity index (χ2n) is 5.83. The average Bonchev–Trinajstić information content (AvgIpc) is 2.15. The van der Waals surface area contributed by atoms with Crippen molar-refractivity contribution in [1.82, 2.24) is 10.2 Å². The smallest absolute Gasteiger partial charge is 0.240 e. The van der Waals surface area contributed by atoms with Crippen LogP contribution in [0.5, 0.6) is 0 Å². The van der Waals surface area contributed by atoms with Crippen LogP contribution in [0.25, 0.3) is 0 Å². The molecule has 4 nitrogen and oxygen atoms in total. The SMILES string of the molecule is CCC(C)(N)C(=O)NC(CC(C)C)CN(C)C. The molecule has 0 radical (unpaired) electrons. The molecule has 0 bridgehead atoms. The molecule has 0 spiro atoms. The van der Waals surface area contributed by atoms with Gasteiger partial charge in [-0.15, -0.1) is 0 Å². The molecule has 17 heavy (non-hydrogen) atoms. The molecule has 102 valence electrons. The number of carbonyl (C=O) groups is 1. The van der Waals surface area contributed by atoms with Gasteiger partial charge in [-0.2, -0.15) is 0 Å². The van der Waals surface area contributed by atoms with Crippen LogP contribution in [0.4, 0.5) is 0 Å². The maximum absolute atomic E-state index is 12.0. The highest BCUT2D eigenvalue weighted by molar-refractivity contribution is 5.85. The molecule has 0 aromatic heterocycles. The van der Waals surface area contributed by atoms with E-state index in [2.05, 4.69) is 24.1 Å². The van der Waals surface area contributed by atoms with Crippen molar-refractivity contribution in [2.24, 2.45) is 11.7 Å². The van der Waals surface area contributed by atoms with E-state index in [0.717, 1.165) is 13.0 Å². The predicted octanol–water partition coefficient (Wildman–Crippen LogP) is 1.21. The minimum atomic E-state index is -0.762. The highest BCUT2D eigenvalue weighted by Crippen LogP contribution is 2.09. The summed E-state index contributed by atoms with van der Waals surface area (Å²) in [4.78, 5) is 14.1. The molecule has 0 aliphatic carbocycles. The Morgan fingerprint density at radius 2 is 1.94 bits per heavy atom. The Labute approximate surface area is 106 Å². The van der Waals surface area contributed by atoms with Gasteiger partial charge in [-0.3, -0.25) is 4.79 Å². The lowest BCUT2D eigenvalue weighted by Gasteiger charge is -2.29. The number of rotatable bonds is 7. The van der Waals surface area contributed by atoms with E-state index in [4.69, 9.17) is 5.73 Å². The van der Waals surface area contributed by atoms with Gasteiger partial charge in [0.2, 0.25) is 5.91 Å². The fourth-order valence-corrected chi connectivity index (χ4v) is 1.70. The number of likely N-dealkylation sites (N-methyl/N-ethyl adjacent to an activating group) is 1. The molecule has 2 atom stereocenters. The van der Waals surface area contributed by atoms with E-state index in [1.807, 2.05) is 21.0 Å². The van der Waals surface area contributed by atoms with Gasteiger partial charge in [0.15, 0.2) is 0 Å². The van der Waals surface area contributed by atoms with Crippen molar-refractivity contribution in [1.29, 1.82) is 0 Å². The first-order valence-corrected chi connectivity index (χ1v) is 6.43. The van der Waals surface area contributed by atoms with Crippen molar-refractivity contribution in [3.05, 3.63) is 0 Å². The Bertz CT molecular complexity index is 227. The largest absolute Gasteiger partial charge is 0.350 e. The molecule has 0 rings (SSSR count). The van der Waals surface area contributed by atoms with Crippen LogP contribution >= 0.6 is 0 Å². The van der Waals surface area contributed by atoms with Crippen LogP contribution < -0.4 is 11.1 Å². The number of amides is 1. The molecular weight excluding hydrogens is 214 g/mol. The van der Waals surface area contributed by atoms with Gasteiger partial charge in [0.1, 0.15) is 0 Å². The van der Waals surface area contributed by atoms with Crippen LogP contribution in [0, 0.1) is 5.92 Å². The second-order valence-corrected chi connectivity index (χ2v) is 5.83. The van der Waals surface area contributed by atoms with E-state index in [1.54, 1.807) is 6.92 Å². The summed E-state index contributed by atoms with van der Waals surface area (Å²) in [6.07, 6.45) is 1.62. The monoisotopic (exact) mass is 243 g/mol. The third kappa shape index (κ3) is 6.64. The van der Waals surface area contributed by atoms with Gasteiger partial charge in [-0.1, -0.05) is 20.8 Å². The van der Waals surface area contributed by atoms with Crippen molar-refractivity contribution in [3.63, 3.8) is 0 Å². The number of nitrogens with one attached hydrogen (secondary N) is 1. The summed E-state index contributed by atoms with van der Waals surface area (Å²) >= 11 is 0. The fourth-order valence-electron chi connectivity index (χ4n) is 1.70. The van der Waals surface area contributed by atoms with Gasteiger partial charge in [0.25, 0.3) is 0 Å². The zero-order valence-electron chi connectivity index (χ0n) is 12.2. The number of carbonyl (C=O) groups excluding carboxylic acids is 1. The molecule has 1 amide bonds. The number of hydrogen-bond donors (Lipinski definition) is 2. The van der Waals surface area contributed by atoms with Gasteiger partial charge in [-0.05, 0) is 39.8 Å². The summed E-state index contributed by atoms with van der Waals surface area (Å²) in [6.45, 7) is 8.89. The van der Waals surface area contributed by atoms with E-state index in [9.17, 15) is 4.79 Å². The lowest BCUT2D eigenvalue weighted by Crippen LogP contribution is -2.55. The van der Waals surface area contributed by atoms with Crippen LogP contribution in [0.1, 0.15) is 40.5 Å². The third-order valence-corrected chi connectivity index (χ3v) is 2.93. The highest BCUT2D eigenvalue weighted by atomic mass is 16.2. The van der Waals surface area contributed by atoms with Gasteiger partial charge in [0, 0.05) is 12.6 Å². The molecule has 0 heterocycles. The molecule has 0 aliphatic heterocycles. The Kier molecular flexibility index (Phi) is 6.72. The topological polar surface area (TPSA) is 58.4 Å². The summed E-state index contributed by atoms with van der Waals surface area (Å²) in [5.74, 6) is 0.512. The van der Waals surface area contributed by atoms with Gasteiger partial charge >= 0.3 is 0 Å². The number of nitrogens with two attached hydrogens (primary N) is 1. The van der Waals surface area contributed by atoms with Crippen LogP contribution in [0.3, 0.4) is 0 Å². The fraction of sp³-hybridized carbons (Fsp3) is 0.923. The molecule has 0 aromatic rings. The molecule has 2 unspecified atom stereocenters. The molecule has 0 saturated heterocycles. The second kappa shape index (κ2) is 6.97. The Morgan fingerprint density at radius 3 is 2.29 bits per heavy atom. The zero-order valence-corrected chi connectivity index (χ0v) is 12.2. The molecular formula is C13H29N3O. The van der Waals surface area contributed by atoms with Gasteiger partial charge in [0.05, 0.1) is 5.54 Å². The molecule has 0 saturated carbocycles. The normalized spacial score (nSPS) is 17.0. The summed E-state index contributed by atoms with van der Waals surface area (Å²) in [6, 6.07) is 0.173. The molecule has 4 heteroatoms. The van der Waals surface area contributed by atoms with Crippen LogP contribution in [-0.2, 0) is 4.79 Å². The minimum Gasteiger partial charge on any atom is -0.350 e. The summed E-state index contributed by atoms with van der Waals surface area (Å²) in [5.41, 5.74) is 5.18. The van der Waals surface area contributed by atoms with Crippen molar-refractivity contribution < 1.29 is 4.79 Å². The average molecular weight is 243 g/mol. The quantitative estimate of drug-likeness (QED) is 0.706. The highest BCUT2D eigenvalue weighted by Gasteiger charge is 2.28. The van der Waals surface area contributed by atoms with Gasteiger partial charge < -0.3 is 16.0 Å². The summed E-state index contributed by atoms with van der Waals surface area (Å²) in [7, 11) is 4.03. The maximum atomic E-state index is 12.0. The standard InChI is InChI=1S/C13H29N3O/c1-7-13(4,14)12(17)15-11(8-10(2)3)9-16(5)6/h10-11H,7-9,14H2,1-6H3,(H,15,17). The lowest BCUT2D eigenvalue weighted by atomic mass is 9.97. The van der Waals surface area contributed by atoms with Gasteiger partial charge in [-0.25, -0.2) is 0 Å². The zero-order chi connectivity index (χ0) is 13.6. The maximum Gasteiger partial charge on any atom is 0.240 e. The van der Waals surface area contributed by atoms with Crippen LogP contribution in [-0.4, -0.2) is 43.0 Å². The molecule has 0 fully saturated rings. The van der Waals surface area contributed by atoms with Crippen molar-refractivity contribution in [2.45, 2.75) is 52.1 Å². The van der Waals surface area contributed by atoms with Crippen LogP contribution in [0.2, 0.25) is 0 Å². The molecule has 0 aliphatic rings. The van der Waals surface area contributed by atoms with Crippen molar-refractivity contribution >= 4 is 5.91 Å². The Hall–Kier alpha value is -0.610. The van der Waals surface area contributed by atoms with E-state index < -0.39 is 5.54 Å². The lowest BCUT2D eigenvalue weighted by molar-refractivity contribution is -0.126. The van der Waals surface area contributed by atoms with Crippen LogP contribution in [0.15, 0.2) is 0 Å². The van der Waals surface area contributed by atoms with E-state index >= 15 is 0 Å². The Balaban J connectivity index is 4.47. The van der Waals surface area contributed by atoms with E-state index in [0.29, 0.717) is 12.3 Å². The Morgan fingerprint density at radius 1 is 1.41 bits per heavy atom. The third-order valence-electron chi connectivity index (χ3n) is 2.93. The summed E-state index contributed by atoms with van der Waals surface area (Å²) < 4.78 is 0. The first-order chi connectivity index (χ1) is 7.69. The minimum absolute atomic E-state index is 0.0486. The van der Waals surface area contributed by atoms with Crippen molar-refractivity contribution in [2.75, 3.05) is 20.6 Å². The number of hydrogen-bond acceptors (Lipinski definition) is 3. The molecule has 3 N–H and O–H groups in total. The van der Waals surface area contributed by atoms with E-state index in [1.165, 1.54) is 0 Å². The number of nitrogens with zero attached hydrogens (tertiary/aromatic N) is 1. The van der Waals surface area contributed by atoms with E-state index in [-0.39, 0.29) is 11.9 Å². The first kappa shape index (κ1) is 16.4. The van der Waals surface area contributed by atoms with Crippen molar-refractivity contribution in [3.8, 4) is 0 Å². The summed E-state index contributed by atoms with van der Waals surface area (Å²) in [5, 5.41) is 3.07. The first-order valence-electron chi connectivity index (χ1n) is 6.43.